The smallest absolute Gasteiger partial charge is 0.273 e. The highest BCUT2D eigenvalue weighted by Crippen LogP contribution is 2.35. The van der Waals surface area contributed by atoms with Gasteiger partial charge in [0.15, 0.2) is 0 Å². The summed E-state index contributed by atoms with van der Waals surface area (Å²) in [5.41, 5.74) is -1.36. The second-order valence-electron chi connectivity index (χ2n) is 3.41. The van der Waals surface area contributed by atoms with Gasteiger partial charge in [0.25, 0.3) is 5.92 Å². The zero-order valence-electron chi connectivity index (χ0n) is 7.82. The molecule has 0 aliphatic heterocycles. The normalized spacial score (nSPS) is 17.2. The highest BCUT2D eigenvalue weighted by molar-refractivity contribution is 5.02. The summed E-state index contributed by atoms with van der Waals surface area (Å²) < 4.78 is 25.7. The fourth-order valence-electron chi connectivity index (χ4n) is 1.09. The van der Waals surface area contributed by atoms with Crippen LogP contribution < -0.4 is 0 Å². The van der Waals surface area contributed by atoms with Crippen LogP contribution in [0.25, 0.3) is 0 Å². The Balaban J connectivity index is 4.56. The summed E-state index contributed by atoms with van der Waals surface area (Å²) in [5, 5.41) is 9.52. The lowest BCUT2D eigenvalue weighted by Crippen LogP contribution is -2.45. The number of alkyl halides is 2. The standard InChI is InChI=1S/C9H16F2O/c1-5-9(12,6-7(2)3)8(4,10)11/h12H,2,5-6H2,1,3-4H3. The summed E-state index contributed by atoms with van der Waals surface area (Å²) in [6.45, 7) is 7.42. The van der Waals surface area contributed by atoms with Crippen molar-refractivity contribution < 1.29 is 13.9 Å². The lowest BCUT2D eigenvalue weighted by atomic mass is 9.87. The van der Waals surface area contributed by atoms with E-state index in [1.807, 2.05) is 0 Å². The van der Waals surface area contributed by atoms with E-state index >= 15 is 0 Å². The second kappa shape index (κ2) is 3.52. The molecular formula is C9H16F2O. The molecule has 0 aliphatic carbocycles. The molecule has 0 saturated carbocycles. The highest BCUT2D eigenvalue weighted by Gasteiger charge is 2.46. The molecule has 12 heavy (non-hydrogen) atoms. The molecule has 1 N–H and O–H groups in total. The van der Waals surface area contributed by atoms with Crippen molar-refractivity contribution in [2.24, 2.45) is 0 Å². The summed E-state index contributed by atoms with van der Waals surface area (Å²) >= 11 is 0. The number of aliphatic hydroxyl groups is 1. The third-order valence-corrected chi connectivity index (χ3v) is 2.00. The van der Waals surface area contributed by atoms with Gasteiger partial charge in [0.1, 0.15) is 5.60 Å². The minimum Gasteiger partial charge on any atom is -0.383 e. The summed E-state index contributed by atoms with van der Waals surface area (Å²) in [6, 6.07) is 0. The molecule has 1 unspecified atom stereocenters. The highest BCUT2D eigenvalue weighted by atomic mass is 19.3. The van der Waals surface area contributed by atoms with E-state index in [1.54, 1.807) is 13.8 Å². The quantitative estimate of drug-likeness (QED) is 0.656. The average molecular weight is 178 g/mol. The molecule has 0 fully saturated rings. The molecule has 0 saturated heterocycles. The fraction of sp³-hybridized carbons (Fsp3) is 0.778. The van der Waals surface area contributed by atoms with E-state index < -0.39 is 11.5 Å². The van der Waals surface area contributed by atoms with Crippen molar-refractivity contribution in [3.05, 3.63) is 12.2 Å². The lowest BCUT2D eigenvalue weighted by molar-refractivity contribution is -0.170. The van der Waals surface area contributed by atoms with Gasteiger partial charge in [-0.15, -0.1) is 6.58 Å². The van der Waals surface area contributed by atoms with Crippen molar-refractivity contribution in [1.29, 1.82) is 0 Å². The van der Waals surface area contributed by atoms with Gasteiger partial charge in [-0.3, -0.25) is 0 Å². The molecule has 0 rings (SSSR count). The zero-order chi connectivity index (χ0) is 9.99. The van der Waals surface area contributed by atoms with Crippen molar-refractivity contribution in [1.82, 2.24) is 0 Å². The van der Waals surface area contributed by atoms with Gasteiger partial charge in [-0.25, -0.2) is 8.78 Å². The Morgan fingerprint density at radius 3 is 2.00 bits per heavy atom. The lowest BCUT2D eigenvalue weighted by Gasteiger charge is -2.32. The first kappa shape index (κ1) is 11.6. The van der Waals surface area contributed by atoms with Crippen molar-refractivity contribution >= 4 is 0 Å². The number of hydrogen-bond donors (Lipinski definition) is 1. The molecular weight excluding hydrogens is 162 g/mol. The Morgan fingerprint density at radius 2 is 1.92 bits per heavy atom. The van der Waals surface area contributed by atoms with Crippen LogP contribution in [0.1, 0.15) is 33.6 Å². The van der Waals surface area contributed by atoms with Crippen molar-refractivity contribution in [2.75, 3.05) is 0 Å². The maximum atomic E-state index is 12.8. The Labute approximate surface area is 72.1 Å². The minimum absolute atomic E-state index is 0.0311. The Bertz CT molecular complexity index is 172. The minimum atomic E-state index is -3.07. The topological polar surface area (TPSA) is 20.2 Å². The average Bonchev–Trinajstić information content (AvgIpc) is 1.83. The van der Waals surface area contributed by atoms with E-state index in [0.717, 1.165) is 6.92 Å². The van der Waals surface area contributed by atoms with Crippen LogP contribution >= 0.6 is 0 Å². The maximum absolute atomic E-state index is 12.8. The van der Waals surface area contributed by atoms with Gasteiger partial charge in [-0.2, -0.15) is 0 Å². The van der Waals surface area contributed by atoms with Crippen molar-refractivity contribution in [2.45, 2.75) is 45.1 Å². The molecule has 0 aliphatic rings. The SMILES string of the molecule is C=C(C)CC(O)(CC)C(C)(F)F. The zero-order valence-corrected chi connectivity index (χ0v) is 7.82. The molecule has 1 atom stereocenters. The molecule has 0 aromatic carbocycles. The predicted octanol–water partition coefficient (Wildman–Crippen LogP) is 2.75. The van der Waals surface area contributed by atoms with E-state index in [0.29, 0.717) is 5.57 Å². The summed E-state index contributed by atoms with van der Waals surface area (Å²) in [7, 11) is 0. The number of halogens is 2. The van der Waals surface area contributed by atoms with Crippen LogP contribution in [0.15, 0.2) is 12.2 Å². The van der Waals surface area contributed by atoms with Gasteiger partial charge in [-0.1, -0.05) is 12.5 Å². The molecule has 0 aromatic heterocycles. The third kappa shape index (κ3) is 2.55. The van der Waals surface area contributed by atoms with Gasteiger partial charge in [0, 0.05) is 13.3 Å². The van der Waals surface area contributed by atoms with Crippen molar-refractivity contribution in [3.8, 4) is 0 Å². The molecule has 3 heteroatoms. The molecule has 0 aromatic rings. The molecule has 72 valence electrons. The molecule has 0 amide bonds. The Hall–Kier alpha value is -0.440. The van der Waals surface area contributed by atoms with Crippen LogP contribution in [0, 0.1) is 0 Å². The summed E-state index contributed by atoms with van der Waals surface area (Å²) in [5.74, 6) is -3.07. The number of hydrogen-bond acceptors (Lipinski definition) is 1. The van der Waals surface area contributed by atoms with Crippen LogP contribution in [0.2, 0.25) is 0 Å². The second-order valence-corrected chi connectivity index (χ2v) is 3.41. The predicted molar refractivity (Wildman–Crippen MR) is 45.3 cm³/mol. The first-order valence-electron chi connectivity index (χ1n) is 3.97. The van der Waals surface area contributed by atoms with Gasteiger partial charge in [0.2, 0.25) is 0 Å². The molecule has 0 radical (unpaired) electrons. The molecule has 0 bridgehead atoms. The van der Waals surface area contributed by atoms with Gasteiger partial charge in [0.05, 0.1) is 0 Å². The molecule has 0 spiro atoms. The molecule has 1 nitrogen and oxygen atoms in total. The first-order chi connectivity index (χ1) is 5.23. The van der Waals surface area contributed by atoms with E-state index in [1.165, 1.54) is 0 Å². The van der Waals surface area contributed by atoms with Crippen LogP contribution in [0.3, 0.4) is 0 Å². The Kier molecular flexibility index (Phi) is 3.39. The largest absolute Gasteiger partial charge is 0.383 e. The van der Waals surface area contributed by atoms with Gasteiger partial charge < -0.3 is 5.11 Å². The third-order valence-electron chi connectivity index (χ3n) is 2.00. The van der Waals surface area contributed by atoms with Crippen LogP contribution in [0.4, 0.5) is 8.78 Å². The summed E-state index contributed by atoms with van der Waals surface area (Å²) in [4.78, 5) is 0. The Morgan fingerprint density at radius 1 is 1.50 bits per heavy atom. The molecule has 0 heterocycles. The first-order valence-corrected chi connectivity index (χ1v) is 3.97. The van der Waals surface area contributed by atoms with Crippen LogP contribution in [-0.4, -0.2) is 16.6 Å². The van der Waals surface area contributed by atoms with E-state index in [4.69, 9.17) is 0 Å². The van der Waals surface area contributed by atoms with Gasteiger partial charge >= 0.3 is 0 Å². The maximum Gasteiger partial charge on any atom is 0.273 e. The monoisotopic (exact) mass is 178 g/mol. The number of rotatable bonds is 4. The van der Waals surface area contributed by atoms with Crippen LogP contribution in [0.5, 0.6) is 0 Å². The van der Waals surface area contributed by atoms with E-state index in [9.17, 15) is 13.9 Å². The van der Waals surface area contributed by atoms with Crippen LogP contribution in [-0.2, 0) is 0 Å². The summed E-state index contributed by atoms with van der Waals surface area (Å²) in [6.07, 6.45) is -0.0175. The van der Waals surface area contributed by atoms with E-state index in [-0.39, 0.29) is 12.8 Å². The fourth-order valence-corrected chi connectivity index (χ4v) is 1.09. The van der Waals surface area contributed by atoms with Gasteiger partial charge in [-0.05, 0) is 13.3 Å². The van der Waals surface area contributed by atoms with Crippen molar-refractivity contribution in [3.63, 3.8) is 0 Å². The van der Waals surface area contributed by atoms with E-state index in [2.05, 4.69) is 6.58 Å².